The summed E-state index contributed by atoms with van der Waals surface area (Å²) in [6, 6.07) is 12.7. The van der Waals surface area contributed by atoms with Crippen molar-refractivity contribution >= 4 is 12.0 Å². The zero-order chi connectivity index (χ0) is 25.2. The summed E-state index contributed by atoms with van der Waals surface area (Å²) in [7, 11) is 1.56. The molecule has 2 unspecified atom stereocenters. The van der Waals surface area contributed by atoms with Crippen LogP contribution < -0.4 is 14.8 Å². The molecule has 9 heteroatoms. The SMILES string of the molecule is COc1cccc(COC(=O)N2CCC[C@H]2C(=O)NC2c3cc(C#N)ccc3OC(C)(C)C2O)c1. The molecule has 2 heterocycles. The van der Waals surface area contributed by atoms with E-state index in [9.17, 15) is 20.0 Å². The molecule has 35 heavy (non-hydrogen) atoms. The molecule has 2 aromatic rings. The summed E-state index contributed by atoms with van der Waals surface area (Å²) in [4.78, 5) is 27.5. The largest absolute Gasteiger partial charge is 0.497 e. The molecule has 3 atom stereocenters. The second-order valence-electron chi connectivity index (χ2n) is 9.26. The van der Waals surface area contributed by atoms with Crippen molar-refractivity contribution in [3.05, 3.63) is 59.2 Å². The molecule has 2 N–H and O–H groups in total. The van der Waals surface area contributed by atoms with Gasteiger partial charge in [0.25, 0.3) is 0 Å². The highest BCUT2D eigenvalue weighted by atomic mass is 16.6. The van der Waals surface area contributed by atoms with Crippen LogP contribution in [0, 0.1) is 11.3 Å². The molecule has 2 aliphatic heterocycles. The number of aliphatic hydroxyl groups is 1. The Labute approximate surface area is 204 Å². The van der Waals surface area contributed by atoms with Gasteiger partial charge in [-0.25, -0.2) is 4.79 Å². The van der Waals surface area contributed by atoms with Crippen LogP contribution in [0.3, 0.4) is 0 Å². The fourth-order valence-corrected chi connectivity index (χ4v) is 4.52. The lowest BCUT2D eigenvalue weighted by Crippen LogP contribution is -2.56. The summed E-state index contributed by atoms with van der Waals surface area (Å²) in [5.41, 5.74) is 0.719. The fraction of sp³-hybridized carbons (Fsp3) is 0.423. The summed E-state index contributed by atoms with van der Waals surface area (Å²) >= 11 is 0. The zero-order valence-corrected chi connectivity index (χ0v) is 20.0. The lowest BCUT2D eigenvalue weighted by Gasteiger charge is -2.42. The molecule has 184 valence electrons. The van der Waals surface area contributed by atoms with E-state index in [1.165, 1.54) is 4.90 Å². The van der Waals surface area contributed by atoms with Gasteiger partial charge in [-0.05, 0) is 62.6 Å². The Hall–Kier alpha value is -3.77. The number of ether oxygens (including phenoxy) is 3. The normalized spacial score (nSPS) is 22.4. The van der Waals surface area contributed by atoms with Gasteiger partial charge in [0, 0.05) is 12.1 Å². The van der Waals surface area contributed by atoms with Crippen LogP contribution in [0.4, 0.5) is 4.79 Å². The third-order valence-electron chi connectivity index (χ3n) is 6.46. The molecule has 2 aliphatic rings. The minimum absolute atomic E-state index is 0.0536. The maximum atomic E-state index is 13.3. The van der Waals surface area contributed by atoms with Gasteiger partial charge in [0.1, 0.15) is 35.9 Å². The Morgan fingerprint density at radius 3 is 2.83 bits per heavy atom. The van der Waals surface area contributed by atoms with E-state index in [0.29, 0.717) is 42.0 Å². The number of carbonyl (C=O) groups is 2. The van der Waals surface area contributed by atoms with Crippen LogP contribution in [-0.4, -0.2) is 53.4 Å². The molecule has 0 saturated carbocycles. The van der Waals surface area contributed by atoms with Gasteiger partial charge < -0.3 is 24.6 Å². The van der Waals surface area contributed by atoms with Crippen molar-refractivity contribution in [1.82, 2.24) is 10.2 Å². The Morgan fingerprint density at radius 1 is 1.29 bits per heavy atom. The molecular weight excluding hydrogens is 450 g/mol. The highest BCUT2D eigenvalue weighted by molar-refractivity contribution is 5.86. The van der Waals surface area contributed by atoms with Crippen LogP contribution >= 0.6 is 0 Å². The second-order valence-corrected chi connectivity index (χ2v) is 9.26. The maximum absolute atomic E-state index is 13.3. The van der Waals surface area contributed by atoms with Gasteiger partial charge in [-0.3, -0.25) is 9.69 Å². The lowest BCUT2D eigenvalue weighted by atomic mass is 9.85. The average molecular weight is 480 g/mol. The lowest BCUT2D eigenvalue weighted by molar-refractivity contribution is -0.129. The Bertz CT molecular complexity index is 1160. The van der Waals surface area contributed by atoms with Crippen LogP contribution in [0.5, 0.6) is 11.5 Å². The van der Waals surface area contributed by atoms with Crippen molar-refractivity contribution < 1.29 is 28.9 Å². The summed E-state index contributed by atoms with van der Waals surface area (Å²) in [5.74, 6) is 0.760. The smallest absolute Gasteiger partial charge is 0.410 e. The van der Waals surface area contributed by atoms with E-state index in [1.54, 1.807) is 51.3 Å². The first-order valence-electron chi connectivity index (χ1n) is 11.5. The monoisotopic (exact) mass is 479 g/mol. The Kier molecular flexibility index (Phi) is 6.85. The topological polar surface area (TPSA) is 121 Å². The molecule has 4 rings (SSSR count). The number of carbonyl (C=O) groups excluding carboxylic acids is 2. The van der Waals surface area contributed by atoms with Crippen LogP contribution in [0.2, 0.25) is 0 Å². The van der Waals surface area contributed by atoms with E-state index >= 15 is 0 Å². The van der Waals surface area contributed by atoms with Gasteiger partial charge in [-0.1, -0.05) is 12.1 Å². The van der Waals surface area contributed by atoms with E-state index in [2.05, 4.69) is 11.4 Å². The van der Waals surface area contributed by atoms with Crippen molar-refractivity contribution in [3.63, 3.8) is 0 Å². The van der Waals surface area contributed by atoms with Gasteiger partial charge in [-0.15, -0.1) is 0 Å². The number of aliphatic hydroxyl groups excluding tert-OH is 1. The number of nitriles is 1. The molecular formula is C26H29N3O6. The van der Waals surface area contributed by atoms with Gasteiger partial charge in [-0.2, -0.15) is 5.26 Å². The molecule has 2 aromatic carbocycles. The second kappa shape index (κ2) is 9.84. The number of benzene rings is 2. The van der Waals surface area contributed by atoms with Crippen molar-refractivity contribution in [2.75, 3.05) is 13.7 Å². The predicted molar refractivity (Wildman–Crippen MR) is 126 cm³/mol. The number of methoxy groups -OCH3 is 1. The zero-order valence-electron chi connectivity index (χ0n) is 20.0. The van der Waals surface area contributed by atoms with Gasteiger partial charge >= 0.3 is 6.09 Å². The van der Waals surface area contributed by atoms with Crippen LogP contribution in [0.25, 0.3) is 0 Å². The molecule has 0 bridgehead atoms. The number of nitrogens with one attached hydrogen (secondary N) is 1. The number of likely N-dealkylation sites (tertiary alicyclic amines) is 1. The number of rotatable bonds is 5. The maximum Gasteiger partial charge on any atom is 0.410 e. The summed E-state index contributed by atoms with van der Waals surface area (Å²) in [6.45, 7) is 3.91. The summed E-state index contributed by atoms with van der Waals surface area (Å²) in [6.07, 6.45) is -0.509. The molecule has 0 spiro atoms. The van der Waals surface area contributed by atoms with E-state index in [4.69, 9.17) is 14.2 Å². The van der Waals surface area contributed by atoms with Crippen molar-refractivity contribution in [1.29, 1.82) is 5.26 Å². The predicted octanol–water partition coefficient (Wildman–Crippen LogP) is 3.06. The molecule has 0 radical (unpaired) electrons. The average Bonchev–Trinajstić information content (AvgIpc) is 3.35. The number of amides is 2. The quantitative estimate of drug-likeness (QED) is 0.676. The molecule has 9 nitrogen and oxygen atoms in total. The van der Waals surface area contributed by atoms with Crippen molar-refractivity contribution in [2.45, 2.75) is 57.1 Å². The third kappa shape index (κ3) is 5.03. The first-order chi connectivity index (χ1) is 16.7. The summed E-state index contributed by atoms with van der Waals surface area (Å²) in [5, 5.41) is 23.2. The highest BCUT2D eigenvalue weighted by Gasteiger charge is 2.45. The number of fused-ring (bicyclic) bond motifs is 1. The minimum atomic E-state index is -1.07. The van der Waals surface area contributed by atoms with Gasteiger partial charge in [0.05, 0.1) is 24.8 Å². The molecule has 2 amide bonds. The number of hydrogen-bond acceptors (Lipinski definition) is 7. The van der Waals surface area contributed by atoms with Crippen LogP contribution in [-0.2, 0) is 16.1 Å². The first-order valence-corrected chi connectivity index (χ1v) is 11.5. The first kappa shape index (κ1) is 24.4. The minimum Gasteiger partial charge on any atom is -0.497 e. The number of nitrogens with zero attached hydrogens (tertiary/aromatic N) is 2. The standard InChI is InChI=1S/C26H29N3O6/c1-26(2)23(30)22(19-13-16(14-27)9-10-21(19)35-26)28-24(31)20-8-5-11-29(20)25(32)34-15-17-6-4-7-18(12-17)33-3/h4,6-7,9-10,12-13,20,22-23,30H,5,8,11,15H2,1-3H3,(H,28,31)/t20-,22?,23?/m0/s1. The van der Waals surface area contributed by atoms with E-state index in [1.807, 2.05) is 12.1 Å². The van der Waals surface area contributed by atoms with E-state index < -0.39 is 35.8 Å². The van der Waals surface area contributed by atoms with Crippen molar-refractivity contribution in [2.24, 2.45) is 0 Å². The molecule has 1 fully saturated rings. The van der Waals surface area contributed by atoms with Crippen molar-refractivity contribution in [3.8, 4) is 17.6 Å². The number of hydrogen-bond donors (Lipinski definition) is 2. The Morgan fingerprint density at radius 2 is 2.09 bits per heavy atom. The van der Waals surface area contributed by atoms with Gasteiger partial charge in [0.2, 0.25) is 5.91 Å². The van der Waals surface area contributed by atoms with E-state index in [-0.39, 0.29) is 6.61 Å². The third-order valence-corrected chi connectivity index (χ3v) is 6.46. The molecule has 0 aromatic heterocycles. The van der Waals surface area contributed by atoms with Crippen LogP contribution in [0.1, 0.15) is 49.4 Å². The van der Waals surface area contributed by atoms with Gasteiger partial charge in [0.15, 0.2) is 0 Å². The summed E-state index contributed by atoms with van der Waals surface area (Å²) < 4.78 is 16.6. The van der Waals surface area contributed by atoms with Crippen LogP contribution in [0.15, 0.2) is 42.5 Å². The molecule has 0 aliphatic carbocycles. The Balaban J connectivity index is 1.48. The highest BCUT2D eigenvalue weighted by Crippen LogP contribution is 2.40. The fourth-order valence-electron chi connectivity index (χ4n) is 4.52. The molecule has 1 saturated heterocycles. The van der Waals surface area contributed by atoms with E-state index in [0.717, 1.165) is 5.56 Å².